The van der Waals surface area contributed by atoms with Crippen LogP contribution in [0.25, 0.3) is 0 Å². The summed E-state index contributed by atoms with van der Waals surface area (Å²) >= 11 is 0. The Labute approximate surface area is 122 Å². The first kappa shape index (κ1) is 15.9. The SMILES string of the molecule is CCOC(=O)C(NCC1CCCO1)c1ccc(F)c(F)c1. The minimum Gasteiger partial charge on any atom is -0.465 e. The molecule has 1 N–H and O–H groups in total. The number of benzene rings is 1. The third-order valence-electron chi connectivity index (χ3n) is 3.37. The first-order valence-electron chi connectivity index (χ1n) is 7.08. The van der Waals surface area contributed by atoms with Crippen molar-refractivity contribution in [2.24, 2.45) is 0 Å². The van der Waals surface area contributed by atoms with E-state index in [0.717, 1.165) is 25.0 Å². The van der Waals surface area contributed by atoms with Crippen molar-refractivity contribution >= 4 is 5.97 Å². The summed E-state index contributed by atoms with van der Waals surface area (Å²) in [6.07, 6.45) is 1.94. The zero-order valence-electron chi connectivity index (χ0n) is 11.9. The van der Waals surface area contributed by atoms with E-state index in [-0.39, 0.29) is 12.7 Å². The van der Waals surface area contributed by atoms with Crippen LogP contribution in [0.5, 0.6) is 0 Å². The fourth-order valence-electron chi connectivity index (χ4n) is 2.31. The topological polar surface area (TPSA) is 47.6 Å². The highest BCUT2D eigenvalue weighted by Gasteiger charge is 2.25. The third-order valence-corrected chi connectivity index (χ3v) is 3.37. The van der Waals surface area contributed by atoms with Crippen LogP contribution < -0.4 is 5.32 Å². The Morgan fingerprint density at radius 1 is 1.48 bits per heavy atom. The summed E-state index contributed by atoms with van der Waals surface area (Å²) in [6, 6.07) is 2.57. The van der Waals surface area contributed by atoms with Gasteiger partial charge in [0.2, 0.25) is 0 Å². The van der Waals surface area contributed by atoms with Crippen molar-refractivity contribution < 1.29 is 23.0 Å². The average Bonchev–Trinajstić information content (AvgIpc) is 2.96. The zero-order chi connectivity index (χ0) is 15.2. The lowest BCUT2D eigenvalue weighted by Gasteiger charge is -2.20. The number of hydrogen-bond acceptors (Lipinski definition) is 4. The molecule has 0 amide bonds. The Balaban J connectivity index is 2.09. The molecule has 0 aliphatic carbocycles. The molecule has 2 rings (SSSR count). The summed E-state index contributed by atoms with van der Waals surface area (Å²) in [7, 11) is 0. The molecular weight excluding hydrogens is 280 g/mol. The third kappa shape index (κ3) is 4.22. The number of rotatable bonds is 6. The molecule has 2 atom stereocenters. The maximum absolute atomic E-state index is 13.4. The minimum atomic E-state index is -0.985. The Kier molecular flexibility index (Phi) is 5.64. The number of hydrogen-bond donors (Lipinski definition) is 1. The average molecular weight is 299 g/mol. The lowest BCUT2D eigenvalue weighted by molar-refractivity contribution is -0.146. The van der Waals surface area contributed by atoms with Crippen molar-refractivity contribution in [2.75, 3.05) is 19.8 Å². The number of esters is 1. The van der Waals surface area contributed by atoms with Gasteiger partial charge in [-0.3, -0.25) is 5.32 Å². The van der Waals surface area contributed by atoms with Crippen molar-refractivity contribution in [3.05, 3.63) is 35.4 Å². The summed E-state index contributed by atoms with van der Waals surface area (Å²) in [5.41, 5.74) is 0.338. The molecule has 0 bridgehead atoms. The summed E-state index contributed by atoms with van der Waals surface area (Å²) < 4.78 is 36.8. The summed E-state index contributed by atoms with van der Waals surface area (Å²) in [5, 5.41) is 3.02. The van der Waals surface area contributed by atoms with E-state index in [0.29, 0.717) is 18.7 Å². The molecule has 1 aromatic rings. The highest BCUT2D eigenvalue weighted by atomic mass is 19.2. The summed E-state index contributed by atoms with van der Waals surface area (Å²) in [5.74, 6) is -2.44. The van der Waals surface area contributed by atoms with Crippen LogP contribution in [0.3, 0.4) is 0 Å². The van der Waals surface area contributed by atoms with Crippen LogP contribution in [-0.4, -0.2) is 31.8 Å². The van der Waals surface area contributed by atoms with Gasteiger partial charge in [-0.1, -0.05) is 6.07 Å². The van der Waals surface area contributed by atoms with Crippen LogP contribution in [0.15, 0.2) is 18.2 Å². The second kappa shape index (κ2) is 7.47. The van der Waals surface area contributed by atoms with Gasteiger partial charge in [-0.25, -0.2) is 13.6 Å². The Morgan fingerprint density at radius 3 is 2.90 bits per heavy atom. The van der Waals surface area contributed by atoms with Gasteiger partial charge in [0.25, 0.3) is 0 Å². The van der Waals surface area contributed by atoms with Gasteiger partial charge in [-0.2, -0.15) is 0 Å². The fourth-order valence-corrected chi connectivity index (χ4v) is 2.31. The van der Waals surface area contributed by atoms with Gasteiger partial charge in [-0.15, -0.1) is 0 Å². The molecule has 4 nitrogen and oxygen atoms in total. The van der Waals surface area contributed by atoms with E-state index in [1.54, 1.807) is 6.92 Å². The largest absolute Gasteiger partial charge is 0.465 e. The van der Waals surface area contributed by atoms with Crippen molar-refractivity contribution in [1.29, 1.82) is 0 Å². The molecule has 6 heteroatoms. The molecule has 0 radical (unpaired) electrons. The first-order valence-corrected chi connectivity index (χ1v) is 7.08. The van der Waals surface area contributed by atoms with Crippen LogP contribution in [0, 0.1) is 11.6 Å². The molecule has 1 fully saturated rings. The molecule has 1 heterocycles. The zero-order valence-corrected chi connectivity index (χ0v) is 11.9. The predicted octanol–water partition coefficient (Wildman–Crippen LogP) is 2.34. The normalized spacial score (nSPS) is 19.5. The minimum absolute atomic E-state index is 0.0345. The smallest absolute Gasteiger partial charge is 0.327 e. The molecular formula is C15H19F2NO3. The molecule has 0 aromatic heterocycles. The van der Waals surface area contributed by atoms with Gasteiger partial charge in [0.1, 0.15) is 6.04 Å². The van der Waals surface area contributed by atoms with Crippen molar-refractivity contribution in [3.8, 4) is 0 Å². The van der Waals surface area contributed by atoms with Gasteiger partial charge in [-0.05, 0) is 37.5 Å². The van der Waals surface area contributed by atoms with Gasteiger partial charge in [0.05, 0.1) is 12.7 Å². The Hall–Kier alpha value is -1.53. The van der Waals surface area contributed by atoms with Crippen LogP contribution in [0.1, 0.15) is 31.4 Å². The van der Waals surface area contributed by atoms with Gasteiger partial charge < -0.3 is 9.47 Å². The summed E-state index contributed by atoms with van der Waals surface area (Å²) in [4.78, 5) is 12.0. The number of halogens is 2. The van der Waals surface area contributed by atoms with Gasteiger partial charge >= 0.3 is 5.97 Å². The van der Waals surface area contributed by atoms with Gasteiger partial charge in [0.15, 0.2) is 11.6 Å². The van der Waals surface area contributed by atoms with Crippen LogP contribution in [0.2, 0.25) is 0 Å². The van der Waals surface area contributed by atoms with Crippen molar-refractivity contribution in [2.45, 2.75) is 31.9 Å². The molecule has 116 valence electrons. The lowest BCUT2D eigenvalue weighted by Crippen LogP contribution is -2.35. The van der Waals surface area contributed by atoms with E-state index in [9.17, 15) is 13.6 Å². The molecule has 1 aromatic carbocycles. The summed E-state index contributed by atoms with van der Waals surface area (Å²) in [6.45, 7) is 3.09. The second-order valence-corrected chi connectivity index (χ2v) is 4.90. The van der Waals surface area contributed by atoms with E-state index in [1.807, 2.05) is 0 Å². The van der Waals surface area contributed by atoms with E-state index >= 15 is 0 Å². The molecule has 1 aliphatic heterocycles. The highest BCUT2D eigenvalue weighted by molar-refractivity contribution is 5.77. The fraction of sp³-hybridized carbons (Fsp3) is 0.533. The first-order chi connectivity index (χ1) is 10.1. The molecule has 0 saturated carbocycles. The lowest BCUT2D eigenvalue weighted by atomic mass is 10.1. The molecule has 1 aliphatic rings. The van der Waals surface area contributed by atoms with Crippen LogP contribution >= 0.6 is 0 Å². The van der Waals surface area contributed by atoms with E-state index in [4.69, 9.17) is 9.47 Å². The standard InChI is InChI=1S/C15H19F2NO3/c1-2-20-15(19)14(18-9-11-4-3-7-21-11)10-5-6-12(16)13(17)8-10/h5-6,8,11,14,18H,2-4,7,9H2,1H3. The molecule has 21 heavy (non-hydrogen) atoms. The predicted molar refractivity (Wildman–Crippen MR) is 72.7 cm³/mol. The number of nitrogens with one attached hydrogen (secondary N) is 1. The second-order valence-electron chi connectivity index (χ2n) is 4.90. The number of carbonyl (C=O) groups is 1. The maximum atomic E-state index is 13.4. The van der Waals surface area contributed by atoms with E-state index in [1.165, 1.54) is 6.07 Å². The van der Waals surface area contributed by atoms with Crippen LogP contribution in [0.4, 0.5) is 8.78 Å². The Bertz CT molecular complexity index is 490. The highest BCUT2D eigenvalue weighted by Crippen LogP contribution is 2.19. The van der Waals surface area contributed by atoms with E-state index < -0.39 is 23.6 Å². The van der Waals surface area contributed by atoms with E-state index in [2.05, 4.69) is 5.32 Å². The molecule has 2 unspecified atom stereocenters. The van der Waals surface area contributed by atoms with Crippen LogP contribution in [-0.2, 0) is 14.3 Å². The van der Waals surface area contributed by atoms with Crippen molar-refractivity contribution in [3.63, 3.8) is 0 Å². The number of carbonyl (C=O) groups excluding carboxylic acids is 1. The van der Waals surface area contributed by atoms with Crippen molar-refractivity contribution in [1.82, 2.24) is 5.32 Å². The quantitative estimate of drug-likeness (QED) is 0.819. The van der Waals surface area contributed by atoms with Gasteiger partial charge in [0, 0.05) is 13.2 Å². The Morgan fingerprint density at radius 2 is 2.29 bits per heavy atom. The molecule has 1 saturated heterocycles. The molecule has 0 spiro atoms. The number of ether oxygens (including phenoxy) is 2. The maximum Gasteiger partial charge on any atom is 0.327 e. The monoisotopic (exact) mass is 299 g/mol.